The second-order valence-electron chi connectivity index (χ2n) is 4.69. The summed E-state index contributed by atoms with van der Waals surface area (Å²) in [6.45, 7) is 1.86. The molecule has 0 aliphatic carbocycles. The Morgan fingerprint density at radius 1 is 1.14 bits per heavy atom. The second-order valence-corrected chi connectivity index (χ2v) is 5.08. The molecule has 7 heteroatoms. The van der Waals surface area contributed by atoms with Gasteiger partial charge in [0, 0.05) is 11.3 Å². The molecular weight excluding hydrogens is 300 g/mol. The summed E-state index contributed by atoms with van der Waals surface area (Å²) < 4.78 is 0. The maximum Gasteiger partial charge on any atom is 0.176 e. The van der Waals surface area contributed by atoms with Crippen molar-refractivity contribution >= 4 is 34.5 Å². The number of amidine groups is 1. The van der Waals surface area contributed by atoms with Crippen molar-refractivity contribution in [2.45, 2.75) is 6.92 Å². The van der Waals surface area contributed by atoms with Crippen LogP contribution < -0.4 is 11.2 Å². The predicted molar refractivity (Wildman–Crippen MR) is 89.6 cm³/mol. The molecule has 0 unspecified atom stereocenters. The number of para-hydroxylation sites is 1. The molecular formula is C15H13ClN6. The van der Waals surface area contributed by atoms with Crippen LogP contribution in [-0.4, -0.2) is 22.2 Å². The molecule has 1 aliphatic rings. The van der Waals surface area contributed by atoms with E-state index in [-0.39, 0.29) is 5.84 Å². The number of hydrogen-bond donors (Lipinski definition) is 2. The first-order valence-electron chi connectivity index (χ1n) is 6.58. The normalized spacial score (nSPS) is 15.6. The molecule has 3 N–H and O–H groups in total. The molecule has 0 radical (unpaired) electrons. The molecule has 1 aromatic carbocycles. The summed E-state index contributed by atoms with van der Waals surface area (Å²) in [4.78, 5) is 4.13. The van der Waals surface area contributed by atoms with Crippen LogP contribution in [0.3, 0.4) is 0 Å². The van der Waals surface area contributed by atoms with Gasteiger partial charge in [0.2, 0.25) is 0 Å². The molecule has 0 amide bonds. The molecule has 6 nitrogen and oxygen atoms in total. The Morgan fingerprint density at radius 3 is 2.64 bits per heavy atom. The first-order valence-corrected chi connectivity index (χ1v) is 6.96. The van der Waals surface area contributed by atoms with E-state index in [4.69, 9.17) is 17.3 Å². The van der Waals surface area contributed by atoms with Gasteiger partial charge in [-0.1, -0.05) is 29.8 Å². The second kappa shape index (κ2) is 5.95. The summed E-state index contributed by atoms with van der Waals surface area (Å²) in [5.74, 6) is 0.254. The molecule has 1 aliphatic heterocycles. The van der Waals surface area contributed by atoms with Gasteiger partial charge in [0.1, 0.15) is 10.9 Å². The van der Waals surface area contributed by atoms with Crippen LogP contribution in [0.2, 0.25) is 5.15 Å². The van der Waals surface area contributed by atoms with E-state index in [0.29, 0.717) is 16.6 Å². The predicted octanol–water partition coefficient (Wildman–Crippen LogP) is 2.59. The van der Waals surface area contributed by atoms with E-state index in [0.717, 1.165) is 16.9 Å². The molecule has 0 saturated heterocycles. The first kappa shape index (κ1) is 14.2. The van der Waals surface area contributed by atoms with E-state index >= 15 is 0 Å². The number of benzene rings is 1. The zero-order valence-corrected chi connectivity index (χ0v) is 12.5. The van der Waals surface area contributed by atoms with Gasteiger partial charge in [0.15, 0.2) is 11.5 Å². The summed E-state index contributed by atoms with van der Waals surface area (Å²) in [5.41, 5.74) is 12.2. The van der Waals surface area contributed by atoms with Crippen molar-refractivity contribution in [3.8, 4) is 0 Å². The van der Waals surface area contributed by atoms with Crippen LogP contribution >= 0.6 is 11.6 Å². The Labute approximate surface area is 132 Å². The van der Waals surface area contributed by atoms with Crippen molar-refractivity contribution in [1.82, 2.24) is 4.98 Å². The number of halogens is 1. The number of anilines is 1. The monoisotopic (exact) mass is 312 g/mol. The average molecular weight is 313 g/mol. The largest absolute Gasteiger partial charge is 0.380 e. The SMILES string of the molecule is Cc1cc(C2=NN=C(N)/C2=N/Nc2ccccc2)cc(Cl)n1. The maximum absolute atomic E-state index is 6.00. The zero-order chi connectivity index (χ0) is 15.5. The van der Waals surface area contributed by atoms with Gasteiger partial charge in [-0.15, -0.1) is 10.2 Å². The number of hydrazone groups is 1. The highest BCUT2D eigenvalue weighted by Gasteiger charge is 2.22. The lowest BCUT2D eigenvalue weighted by Crippen LogP contribution is -2.28. The average Bonchev–Trinajstić information content (AvgIpc) is 2.86. The molecule has 2 aromatic rings. The van der Waals surface area contributed by atoms with Crippen molar-refractivity contribution in [3.05, 3.63) is 58.9 Å². The molecule has 0 fully saturated rings. The third-order valence-corrected chi connectivity index (χ3v) is 3.18. The molecule has 0 saturated carbocycles. The lowest BCUT2D eigenvalue weighted by molar-refractivity contribution is 1.19. The van der Waals surface area contributed by atoms with E-state index in [1.165, 1.54) is 0 Å². The molecule has 0 atom stereocenters. The van der Waals surface area contributed by atoms with Crippen LogP contribution in [0, 0.1) is 6.92 Å². The Balaban J connectivity index is 1.92. The number of nitrogens with zero attached hydrogens (tertiary/aromatic N) is 4. The first-order chi connectivity index (χ1) is 10.6. The number of aryl methyl sites for hydroxylation is 1. The van der Waals surface area contributed by atoms with Crippen LogP contribution in [0.1, 0.15) is 11.3 Å². The molecule has 22 heavy (non-hydrogen) atoms. The van der Waals surface area contributed by atoms with E-state index in [1.54, 1.807) is 6.07 Å². The zero-order valence-electron chi connectivity index (χ0n) is 11.8. The van der Waals surface area contributed by atoms with Crippen molar-refractivity contribution in [2.75, 3.05) is 5.43 Å². The van der Waals surface area contributed by atoms with Crippen molar-refractivity contribution < 1.29 is 0 Å². The van der Waals surface area contributed by atoms with Gasteiger partial charge < -0.3 is 5.73 Å². The quantitative estimate of drug-likeness (QED) is 0.674. The number of rotatable bonds is 3. The van der Waals surface area contributed by atoms with Crippen LogP contribution in [0.15, 0.2) is 57.8 Å². The summed E-state index contributed by atoms with van der Waals surface area (Å²) in [5, 5.41) is 12.7. The topological polar surface area (TPSA) is 88.0 Å². The van der Waals surface area contributed by atoms with Crippen LogP contribution in [-0.2, 0) is 0 Å². The molecule has 110 valence electrons. The van der Waals surface area contributed by atoms with Crippen LogP contribution in [0.4, 0.5) is 5.69 Å². The van der Waals surface area contributed by atoms with Crippen molar-refractivity contribution in [2.24, 2.45) is 21.0 Å². The van der Waals surface area contributed by atoms with Crippen molar-refractivity contribution in [3.63, 3.8) is 0 Å². The van der Waals surface area contributed by atoms with E-state index < -0.39 is 0 Å². The molecule has 2 heterocycles. The fraction of sp³-hybridized carbons (Fsp3) is 0.0667. The highest BCUT2D eigenvalue weighted by atomic mass is 35.5. The minimum Gasteiger partial charge on any atom is -0.380 e. The fourth-order valence-electron chi connectivity index (χ4n) is 2.02. The number of hydrogen-bond acceptors (Lipinski definition) is 6. The lowest BCUT2D eigenvalue weighted by Gasteiger charge is -2.06. The summed E-state index contributed by atoms with van der Waals surface area (Å²) >= 11 is 6.00. The molecule has 3 rings (SSSR count). The Hall–Kier alpha value is -2.73. The Bertz CT molecular complexity index is 775. The summed E-state index contributed by atoms with van der Waals surface area (Å²) in [6, 6.07) is 13.1. The number of nitrogens with two attached hydrogens (primary N) is 1. The minimum absolute atomic E-state index is 0.254. The molecule has 0 spiro atoms. The standard InChI is InChI=1S/C15H13ClN6/c1-9-7-10(8-12(16)18-9)13-14(15(17)22-20-13)21-19-11-5-3-2-4-6-11/h2-8,19H,1H3,(H2,17,21,22). The summed E-state index contributed by atoms with van der Waals surface area (Å²) in [6.07, 6.45) is 0. The van der Waals surface area contributed by atoms with Crippen molar-refractivity contribution in [1.29, 1.82) is 0 Å². The fourth-order valence-corrected chi connectivity index (χ4v) is 2.27. The summed E-state index contributed by atoms with van der Waals surface area (Å²) in [7, 11) is 0. The smallest absolute Gasteiger partial charge is 0.176 e. The van der Waals surface area contributed by atoms with Gasteiger partial charge >= 0.3 is 0 Å². The Kier molecular flexibility index (Phi) is 3.84. The number of nitrogens with one attached hydrogen (secondary N) is 1. The van der Waals surface area contributed by atoms with Crippen LogP contribution in [0.5, 0.6) is 0 Å². The number of pyridine rings is 1. The van der Waals surface area contributed by atoms with Gasteiger partial charge in [0.05, 0.1) is 5.69 Å². The highest BCUT2D eigenvalue weighted by Crippen LogP contribution is 2.15. The third-order valence-electron chi connectivity index (χ3n) is 2.99. The van der Waals surface area contributed by atoms with Crippen LogP contribution in [0.25, 0.3) is 0 Å². The van der Waals surface area contributed by atoms with Gasteiger partial charge in [-0.05, 0) is 31.2 Å². The third kappa shape index (κ3) is 2.96. The Morgan fingerprint density at radius 2 is 1.91 bits per heavy atom. The van der Waals surface area contributed by atoms with Gasteiger partial charge in [-0.2, -0.15) is 5.10 Å². The maximum atomic E-state index is 6.00. The molecule has 0 bridgehead atoms. The molecule has 1 aromatic heterocycles. The lowest BCUT2D eigenvalue weighted by atomic mass is 10.1. The van der Waals surface area contributed by atoms with Gasteiger partial charge in [-0.25, -0.2) is 4.98 Å². The minimum atomic E-state index is 0.254. The van der Waals surface area contributed by atoms with Gasteiger partial charge in [0.25, 0.3) is 0 Å². The highest BCUT2D eigenvalue weighted by molar-refractivity contribution is 6.72. The van der Waals surface area contributed by atoms with E-state index in [2.05, 4.69) is 25.7 Å². The van der Waals surface area contributed by atoms with E-state index in [9.17, 15) is 0 Å². The number of aromatic nitrogens is 1. The van der Waals surface area contributed by atoms with Gasteiger partial charge in [-0.3, -0.25) is 5.43 Å². The van der Waals surface area contributed by atoms with E-state index in [1.807, 2.05) is 43.3 Å².